The Kier molecular flexibility index (Phi) is 4.50. The lowest BCUT2D eigenvalue weighted by atomic mass is 10.2. The highest BCUT2D eigenvalue weighted by molar-refractivity contribution is 6.31. The lowest BCUT2D eigenvalue weighted by Crippen LogP contribution is -2.45. The smallest absolute Gasteiger partial charge is 0.0499 e. The van der Waals surface area contributed by atoms with Gasteiger partial charge in [0.05, 0.1) is 0 Å². The Morgan fingerprint density at radius 1 is 1.14 bits per heavy atom. The summed E-state index contributed by atoms with van der Waals surface area (Å²) < 4.78 is 2.29. The maximum absolute atomic E-state index is 6.15. The maximum atomic E-state index is 6.15. The zero-order valence-corrected chi connectivity index (χ0v) is 13.3. The third kappa shape index (κ3) is 3.24. The van der Waals surface area contributed by atoms with Crippen LogP contribution >= 0.6 is 11.6 Å². The molecule has 1 aliphatic heterocycles. The van der Waals surface area contributed by atoms with E-state index in [1.54, 1.807) is 0 Å². The standard InChI is InChI=1S/C16H23ClN4/c1-19-4-6-20(7-5-19)8-9-21-12-13(11-18)15-3-2-14(17)10-16(15)21/h2-3,10,12H,4-9,11,18H2,1H3. The Morgan fingerprint density at radius 2 is 1.90 bits per heavy atom. The van der Waals surface area contributed by atoms with E-state index in [0.29, 0.717) is 6.54 Å². The van der Waals surface area contributed by atoms with Crippen molar-refractivity contribution < 1.29 is 0 Å². The summed E-state index contributed by atoms with van der Waals surface area (Å²) in [5.41, 5.74) is 8.25. The predicted molar refractivity (Wildman–Crippen MR) is 88.8 cm³/mol. The van der Waals surface area contributed by atoms with E-state index in [-0.39, 0.29) is 0 Å². The molecule has 1 aromatic carbocycles. The number of fused-ring (bicyclic) bond motifs is 1. The average Bonchev–Trinajstić information content (AvgIpc) is 2.84. The van der Waals surface area contributed by atoms with E-state index in [1.165, 1.54) is 16.5 Å². The quantitative estimate of drug-likeness (QED) is 0.939. The van der Waals surface area contributed by atoms with Gasteiger partial charge in [0.25, 0.3) is 0 Å². The average molecular weight is 307 g/mol. The number of likely N-dealkylation sites (N-methyl/N-ethyl adjacent to an activating group) is 1. The molecule has 0 spiro atoms. The van der Waals surface area contributed by atoms with Crippen LogP contribution in [-0.2, 0) is 13.1 Å². The van der Waals surface area contributed by atoms with E-state index in [9.17, 15) is 0 Å². The number of aromatic nitrogens is 1. The van der Waals surface area contributed by atoms with Crippen molar-refractivity contribution in [3.05, 3.63) is 35.0 Å². The molecule has 1 aromatic heterocycles. The number of hydrogen-bond donors (Lipinski definition) is 1. The van der Waals surface area contributed by atoms with Gasteiger partial charge in [-0.25, -0.2) is 0 Å². The molecule has 1 saturated heterocycles. The zero-order valence-electron chi connectivity index (χ0n) is 12.6. The van der Waals surface area contributed by atoms with Crippen LogP contribution in [0.15, 0.2) is 24.4 Å². The summed E-state index contributed by atoms with van der Waals surface area (Å²) in [6, 6.07) is 6.06. The fourth-order valence-corrected chi connectivity index (χ4v) is 3.18. The molecule has 21 heavy (non-hydrogen) atoms. The van der Waals surface area contributed by atoms with Crippen LogP contribution in [0.3, 0.4) is 0 Å². The molecule has 114 valence electrons. The summed E-state index contributed by atoms with van der Waals surface area (Å²) >= 11 is 6.15. The van der Waals surface area contributed by atoms with Crippen LogP contribution in [0.25, 0.3) is 10.9 Å². The Hall–Kier alpha value is -1.07. The number of nitrogens with zero attached hydrogens (tertiary/aromatic N) is 3. The number of nitrogens with two attached hydrogens (primary N) is 1. The minimum absolute atomic E-state index is 0.569. The van der Waals surface area contributed by atoms with E-state index in [4.69, 9.17) is 17.3 Å². The van der Waals surface area contributed by atoms with E-state index < -0.39 is 0 Å². The molecule has 0 atom stereocenters. The predicted octanol–water partition coefficient (Wildman–Crippen LogP) is 2.00. The van der Waals surface area contributed by atoms with Crippen LogP contribution in [-0.4, -0.2) is 54.1 Å². The van der Waals surface area contributed by atoms with Crippen molar-refractivity contribution >= 4 is 22.5 Å². The number of halogens is 1. The van der Waals surface area contributed by atoms with Crippen LogP contribution in [0.2, 0.25) is 5.02 Å². The first-order valence-corrected chi connectivity index (χ1v) is 7.93. The van der Waals surface area contributed by atoms with Crippen molar-refractivity contribution in [3.8, 4) is 0 Å². The van der Waals surface area contributed by atoms with Gasteiger partial charge in [0.1, 0.15) is 0 Å². The molecule has 5 heteroatoms. The molecular formula is C16H23ClN4. The van der Waals surface area contributed by atoms with Gasteiger partial charge >= 0.3 is 0 Å². The topological polar surface area (TPSA) is 37.4 Å². The summed E-state index contributed by atoms with van der Waals surface area (Å²) in [6.45, 7) is 7.26. The Labute approximate surface area is 131 Å². The molecule has 0 aliphatic carbocycles. The summed E-state index contributed by atoms with van der Waals surface area (Å²) in [5.74, 6) is 0. The van der Waals surface area contributed by atoms with Crippen molar-refractivity contribution in [2.75, 3.05) is 39.8 Å². The third-order valence-corrected chi connectivity index (χ3v) is 4.63. The lowest BCUT2D eigenvalue weighted by molar-refractivity contribution is 0.150. The molecular weight excluding hydrogens is 284 g/mol. The van der Waals surface area contributed by atoms with Crippen molar-refractivity contribution in [2.24, 2.45) is 5.73 Å². The van der Waals surface area contributed by atoms with Crippen LogP contribution in [0, 0.1) is 0 Å². The molecule has 2 aromatic rings. The van der Waals surface area contributed by atoms with E-state index in [2.05, 4.69) is 33.7 Å². The largest absolute Gasteiger partial charge is 0.346 e. The minimum Gasteiger partial charge on any atom is -0.346 e. The van der Waals surface area contributed by atoms with Gasteiger partial charge in [-0.1, -0.05) is 17.7 Å². The molecule has 2 N–H and O–H groups in total. The SMILES string of the molecule is CN1CCN(CCn2cc(CN)c3ccc(Cl)cc32)CC1. The monoisotopic (exact) mass is 306 g/mol. The fourth-order valence-electron chi connectivity index (χ4n) is 3.01. The Morgan fingerprint density at radius 3 is 2.62 bits per heavy atom. The van der Waals surface area contributed by atoms with E-state index in [0.717, 1.165) is 44.3 Å². The lowest BCUT2D eigenvalue weighted by Gasteiger charge is -2.32. The highest BCUT2D eigenvalue weighted by Gasteiger charge is 2.14. The molecule has 2 heterocycles. The first-order chi connectivity index (χ1) is 10.2. The first kappa shape index (κ1) is 14.9. The highest BCUT2D eigenvalue weighted by atomic mass is 35.5. The second-order valence-corrected chi connectivity index (χ2v) is 6.29. The number of piperazine rings is 1. The minimum atomic E-state index is 0.569. The van der Waals surface area contributed by atoms with Crippen molar-refractivity contribution in [2.45, 2.75) is 13.1 Å². The van der Waals surface area contributed by atoms with Gasteiger partial charge in [-0.2, -0.15) is 0 Å². The van der Waals surface area contributed by atoms with Crippen molar-refractivity contribution in [3.63, 3.8) is 0 Å². The Balaban J connectivity index is 1.75. The van der Waals surface area contributed by atoms with Gasteiger partial charge in [0, 0.05) is 67.9 Å². The van der Waals surface area contributed by atoms with Crippen LogP contribution in [0.1, 0.15) is 5.56 Å². The maximum Gasteiger partial charge on any atom is 0.0499 e. The molecule has 0 amide bonds. The molecule has 1 aliphatic rings. The zero-order chi connectivity index (χ0) is 14.8. The molecule has 1 fully saturated rings. The van der Waals surface area contributed by atoms with E-state index >= 15 is 0 Å². The van der Waals surface area contributed by atoms with E-state index in [1.807, 2.05) is 12.1 Å². The van der Waals surface area contributed by atoms with Crippen LogP contribution < -0.4 is 5.73 Å². The summed E-state index contributed by atoms with van der Waals surface area (Å²) in [7, 11) is 2.19. The summed E-state index contributed by atoms with van der Waals surface area (Å²) in [6.07, 6.45) is 2.18. The fraction of sp³-hybridized carbons (Fsp3) is 0.500. The van der Waals surface area contributed by atoms with Gasteiger partial charge in [0.2, 0.25) is 0 Å². The summed E-state index contributed by atoms with van der Waals surface area (Å²) in [4.78, 5) is 4.91. The molecule has 0 bridgehead atoms. The molecule has 4 nitrogen and oxygen atoms in total. The summed E-state index contributed by atoms with van der Waals surface area (Å²) in [5, 5.41) is 2.00. The molecule has 0 radical (unpaired) electrons. The second kappa shape index (κ2) is 6.36. The van der Waals surface area contributed by atoms with Gasteiger partial charge < -0.3 is 15.2 Å². The third-order valence-electron chi connectivity index (χ3n) is 4.40. The number of rotatable bonds is 4. The van der Waals surface area contributed by atoms with Gasteiger partial charge in [-0.05, 0) is 24.7 Å². The molecule has 3 rings (SSSR count). The van der Waals surface area contributed by atoms with Crippen molar-refractivity contribution in [1.29, 1.82) is 0 Å². The Bertz CT molecular complexity index is 614. The van der Waals surface area contributed by atoms with Gasteiger partial charge in [-0.3, -0.25) is 4.90 Å². The van der Waals surface area contributed by atoms with Crippen molar-refractivity contribution in [1.82, 2.24) is 14.4 Å². The normalized spacial score (nSPS) is 17.7. The first-order valence-electron chi connectivity index (χ1n) is 7.55. The number of hydrogen-bond acceptors (Lipinski definition) is 3. The second-order valence-electron chi connectivity index (χ2n) is 5.86. The number of benzene rings is 1. The van der Waals surface area contributed by atoms with Crippen LogP contribution in [0.4, 0.5) is 0 Å². The molecule has 0 saturated carbocycles. The molecule has 0 unspecified atom stereocenters. The van der Waals surface area contributed by atoms with Gasteiger partial charge in [-0.15, -0.1) is 0 Å². The van der Waals surface area contributed by atoms with Crippen LogP contribution in [0.5, 0.6) is 0 Å². The van der Waals surface area contributed by atoms with Gasteiger partial charge in [0.15, 0.2) is 0 Å². The highest BCUT2D eigenvalue weighted by Crippen LogP contribution is 2.24.